The molecule has 0 aromatic heterocycles. The topological polar surface area (TPSA) is 73.5 Å². The van der Waals surface area contributed by atoms with Crippen molar-refractivity contribution in [2.75, 3.05) is 19.6 Å². The lowest BCUT2D eigenvalue weighted by Crippen LogP contribution is -2.45. The van der Waals surface area contributed by atoms with Gasteiger partial charge in [-0.2, -0.15) is 13.2 Å². The monoisotopic (exact) mass is 502 g/mol. The van der Waals surface area contributed by atoms with Crippen LogP contribution in [0.1, 0.15) is 53.6 Å². The molecule has 1 atom stereocenters. The molecule has 1 heterocycles. The Morgan fingerprint density at radius 3 is 2.39 bits per heavy atom. The van der Waals surface area contributed by atoms with E-state index in [9.17, 15) is 22.8 Å². The molecular weight excluding hydrogens is 469 g/mol. The second-order valence-corrected chi connectivity index (χ2v) is 9.68. The van der Waals surface area contributed by atoms with Gasteiger partial charge in [-0.3, -0.25) is 14.5 Å². The van der Waals surface area contributed by atoms with E-state index in [1.807, 2.05) is 6.07 Å². The first-order valence-corrected chi connectivity index (χ1v) is 12.5. The Kier molecular flexibility index (Phi) is 8.64. The fraction of sp³-hybridized carbons (Fsp3) is 0.481. The predicted molar refractivity (Wildman–Crippen MR) is 131 cm³/mol. The maximum Gasteiger partial charge on any atom is 0.416 e. The van der Waals surface area contributed by atoms with Gasteiger partial charge in [-0.1, -0.05) is 36.4 Å². The standard InChI is InChI=1S/C27H33F3N4O2/c28-27(29,30)21-8-4-7-20(15-21)26(36)32-17-25(35)33-23-13-14-34(18-23)24-11-9-22(10-12-24)31-16-19-5-2-1-3-6-19/h1-8,15,22-24,31H,9-14,16-18H2,(H,32,36)(H,33,35)/t22?,23-,24?/m1/s1. The lowest BCUT2D eigenvalue weighted by molar-refractivity contribution is -0.137. The van der Waals surface area contributed by atoms with Gasteiger partial charge in [0.25, 0.3) is 5.91 Å². The Hall–Kier alpha value is -2.91. The Morgan fingerprint density at radius 2 is 1.67 bits per heavy atom. The molecule has 3 N–H and O–H groups in total. The Bertz CT molecular complexity index is 1020. The molecule has 1 aliphatic heterocycles. The van der Waals surface area contributed by atoms with Crippen molar-refractivity contribution in [3.05, 3.63) is 71.3 Å². The van der Waals surface area contributed by atoms with Gasteiger partial charge < -0.3 is 16.0 Å². The summed E-state index contributed by atoms with van der Waals surface area (Å²) in [7, 11) is 0. The molecule has 0 unspecified atom stereocenters. The average molecular weight is 503 g/mol. The van der Waals surface area contributed by atoms with E-state index in [1.165, 1.54) is 17.7 Å². The number of carbonyl (C=O) groups is 2. The molecule has 0 spiro atoms. The third kappa shape index (κ3) is 7.30. The highest BCUT2D eigenvalue weighted by Gasteiger charge is 2.32. The number of nitrogens with zero attached hydrogens (tertiary/aromatic N) is 1. The van der Waals surface area contributed by atoms with Crippen LogP contribution < -0.4 is 16.0 Å². The van der Waals surface area contributed by atoms with Gasteiger partial charge in [-0.25, -0.2) is 0 Å². The smallest absolute Gasteiger partial charge is 0.350 e. The first kappa shape index (κ1) is 26.2. The quantitative estimate of drug-likeness (QED) is 0.515. The lowest BCUT2D eigenvalue weighted by atomic mass is 9.90. The Morgan fingerprint density at radius 1 is 0.917 bits per heavy atom. The highest BCUT2D eigenvalue weighted by Crippen LogP contribution is 2.29. The van der Waals surface area contributed by atoms with Crippen molar-refractivity contribution in [3.8, 4) is 0 Å². The minimum Gasteiger partial charge on any atom is -0.350 e. The summed E-state index contributed by atoms with van der Waals surface area (Å²) < 4.78 is 38.6. The van der Waals surface area contributed by atoms with Crippen LogP contribution in [0.3, 0.4) is 0 Å². The SMILES string of the molecule is O=C(CNC(=O)c1cccc(C(F)(F)F)c1)N[C@@H]1CCN(C2CCC(NCc3ccccc3)CC2)C1. The lowest BCUT2D eigenvalue weighted by Gasteiger charge is -2.35. The van der Waals surface area contributed by atoms with E-state index < -0.39 is 17.6 Å². The van der Waals surface area contributed by atoms with E-state index in [-0.39, 0.29) is 24.1 Å². The van der Waals surface area contributed by atoms with Crippen molar-refractivity contribution in [1.82, 2.24) is 20.9 Å². The van der Waals surface area contributed by atoms with Crippen LogP contribution in [0.15, 0.2) is 54.6 Å². The summed E-state index contributed by atoms with van der Waals surface area (Å²) in [6.07, 6.45) is 0.832. The predicted octanol–water partition coefficient (Wildman–Crippen LogP) is 3.73. The van der Waals surface area contributed by atoms with Crippen molar-refractivity contribution >= 4 is 11.8 Å². The summed E-state index contributed by atoms with van der Waals surface area (Å²) >= 11 is 0. The molecule has 2 aromatic carbocycles. The molecule has 2 fully saturated rings. The second-order valence-electron chi connectivity index (χ2n) is 9.68. The van der Waals surface area contributed by atoms with Gasteiger partial charge in [0.05, 0.1) is 12.1 Å². The molecule has 36 heavy (non-hydrogen) atoms. The van der Waals surface area contributed by atoms with Gasteiger partial charge in [-0.15, -0.1) is 0 Å². The molecule has 0 radical (unpaired) electrons. The summed E-state index contributed by atoms with van der Waals surface area (Å²) in [4.78, 5) is 27.0. The molecule has 0 bridgehead atoms. The third-order valence-electron chi connectivity index (χ3n) is 7.10. The molecule has 2 aromatic rings. The van der Waals surface area contributed by atoms with Gasteiger partial charge >= 0.3 is 6.18 Å². The number of benzene rings is 2. The minimum absolute atomic E-state index is 0.0110. The third-order valence-corrected chi connectivity index (χ3v) is 7.10. The number of carbonyl (C=O) groups excluding carboxylic acids is 2. The van der Waals surface area contributed by atoms with Gasteiger partial charge in [0.2, 0.25) is 5.91 Å². The summed E-state index contributed by atoms with van der Waals surface area (Å²) in [5.74, 6) is -1.04. The fourth-order valence-electron chi connectivity index (χ4n) is 5.12. The molecule has 9 heteroatoms. The van der Waals surface area contributed by atoms with Crippen LogP contribution in [0.4, 0.5) is 13.2 Å². The van der Waals surface area contributed by atoms with Crippen LogP contribution in [0.25, 0.3) is 0 Å². The van der Waals surface area contributed by atoms with Crippen molar-refractivity contribution in [3.63, 3.8) is 0 Å². The van der Waals surface area contributed by atoms with Crippen molar-refractivity contribution < 1.29 is 22.8 Å². The number of halogens is 3. The van der Waals surface area contributed by atoms with E-state index >= 15 is 0 Å². The number of alkyl halides is 3. The molecule has 1 aliphatic carbocycles. The Balaban J connectivity index is 1.15. The molecular formula is C27H33F3N4O2. The number of hydrogen-bond acceptors (Lipinski definition) is 4. The van der Waals surface area contributed by atoms with E-state index in [4.69, 9.17) is 0 Å². The van der Waals surface area contributed by atoms with Crippen molar-refractivity contribution in [2.45, 2.75) is 63.0 Å². The summed E-state index contributed by atoms with van der Waals surface area (Å²) in [5.41, 5.74) is 0.272. The van der Waals surface area contributed by atoms with Crippen molar-refractivity contribution in [2.24, 2.45) is 0 Å². The van der Waals surface area contributed by atoms with Crippen LogP contribution in [0.5, 0.6) is 0 Å². The van der Waals surface area contributed by atoms with Crippen LogP contribution in [0, 0.1) is 0 Å². The zero-order valence-corrected chi connectivity index (χ0v) is 20.2. The molecule has 1 saturated heterocycles. The number of nitrogens with one attached hydrogen (secondary N) is 3. The molecule has 6 nitrogen and oxygen atoms in total. The first-order chi connectivity index (χ1) is 17.3. The van der Waals surface area contributed by atoms with Crippen LogP contribution in [-0.2, 0) is 17.5 Å². The Labute approximate surface area is 209 Å². The molecule has 1 saturated carbocycles. The second kappa shape index (κ2) is 11.9. The minimum atomic E-state index is -4.53. The number of hydrogen-bond donors (Lipinski definition) is 3. The van der Waals surface area contributed by atoms with E-state index in [2.05, 4.69) is 45.1 Å². The highest BCUT2D eigenvalue weighted by atomic mass is 19.4. The van der Waals surface area contributed by atoms with Gasteiger partial charge in [0.1, 0.15) is 0 Å². The van der Waals surface area contributed by atoms with Crippen LogP contribution in [0.2, 0.25) is 0 Å². The maximum absolute atomic E-state index is 12.9. The van der Waals surface area contributed by atoms with Crippen molar-refractivity contribution in [1.29, 1.82) is 0 Å². The number of rotatable bonds is 8. The van der Waals surface area contributed by atoms with Gasteiger partial charge in [-0.05, 0) is 55.9 Å². The maximum atomic E-state index is 12.9. The number of likely N-dealkylation sites (tertiary alicyclic amines) is 1. The van der Waals surface area contributed by atoms with E-state index in [1.54, 1.807) is 0 Å². The highest BCUT2D eigenvalue weighted by molar-refractivity contribution is 5.96. The van der Waals surface area contributed by atoms with Crippen LogP contribution in [-0.4, -0.2) is 54.5 Å². The van der Waals surface area contributed by atoms with Gasteiger partial charge in [0.15, 0.2) is 0 Å². The largest absolute Gasteiger partial charge is 0.416 e. The summed E-state index contributed by atoms with van der Waals surface area (Å²) in [5, 5.41) is 9.03. The molecule has 2 amide bonds. The molecule has 4 rings (SSSR count). The molecule has 194 valence electrons. The summed E-state index contributed by atoms with van der Waals surface area (Å²) in [6, 6.07) is 15.6. The zero-order valence-electron chi connectivity index (χ0n) is 20.2. The molecule has 2 aliphatic rings. The summed E-state index contributed by atoms with van der Waals surface area (Å²) in [6.45, 7) is 2.32. The van der Waals surface area contributed by atoms with Crippen LogP contribution >= 0.6 is 0 Å². The first-order valence-electron chi connectivity index (χ1n) is 12.5. The fourth-order valence-corrected chi connectivity index (χ4v) is 5.12. The van der Waals surface area contributed by atoms with E-state index in [0.29, 0.717) is 12.1 Å². The average Bonchev–Trinajstić information content (AvgIpc) is 3.35. The zero-order chi connectivity index (χ0) is 25.5. The normalized spacial score (nSPS) is 22.8. The van der Waals surface area contributed by atoms with Gasteiger partial charge in [0, 0.05) is 43.3 Å². The number of amides is 2. The van der Waals surface area contributed by atoms with E-state index in [0.717, 1.165) is 63.9 Å².